The fraction of sp³-hybridized carbons (Fsp3) is 0.319. The Bertz CT molecular complexity index is 2650. The van der Waals surface area contributed by atoms with Gasteiger partial charge in [0.15, 0.2) is 0 Å². The number of fused-ring (bicyclic) bond motifs is 1. The van der Waals surface area contributed by atoms with E-state index < -0.39 is 0 Å². The number of aromatic nitrogens is 2. The van der Waals surface area contributed by atoms with E-state index in [0.29, 0.717) is 0 Å². The van der Waals surface area contributed by atoms with Crippen LogP contribution in [-0.2, 0) is 27.1 Å². The van der Waals surface area contributed by atoms with Crippen LogP contribution in [0, 0.1) is 0 Å². The van der Waals surface area contributed by atoms with Crippen LogP contribution in [0.3, 0.4) is 0 Å². The van der Waals surface area contributed by atoms with Crippen molar-refractivity contribution in [1.29, 1.82) is 0 Å². The van der Waals surface area contributed by atoms with Crippen LogP contribution in [0.25, 0.3) is 53.5 Å². The van der Waals surface area contributed by atoms with Crippen LogP contribution in [0.2, 0.25) is 0 Å². The number of nitrogens with zero attached hydrogens (tertiary/aromatic N) is 2. The highest BCUT2D eigenvalue weighted by atomic mass is 32.1. The molecular formula is C47H38N2S3. The summed E-state index contributed by atoms with van der Waals surface area (Å²) in [6.45, 7) is 4.94. The highest BCUT2D eigenvalue weighted by molar-refractivity contribution is 7.24. The van der Waals surface area contributed by atoms with Crippen molar-refractivity contribution in [1.82, 2.24) is 8.75 Å². The summed E-state index contributed by atoms with van der Waals surface area (Å²) in [5.41, 5.74) is 17.0. The molecule has 4 aromatic carbocycles. The molecule has 11 aliphatic rings. The van der Waals surface area contributed by atoms with Crippen LogP contribution < -0.4 is 0 Å². The summed E-state index contributed by atoms with van der Waals surface area (Å²) in [4.78, 5) is 6.13. The van der Waals surface area contributed by atoms with E-state index in [9.17, 15) is 0 Å². The number of benzene rings is 4. The predicted octanol–water partition coefficient (Wildman–Crippen LogP) is 13.0. The molecule has 52 heavy (non-hydrogen) atoms. The monoisotopic (exact) mass is 726 g/mol. The molecule has 0 amide bonds. The highest BCUT2D eigenvalue weighted by Gasteiger charge is 2.68. The van der Waals surface area contributed by atoms with Gasteiger partial charge in [0.25, 0.3) is 0 Å². The molecule has 3 aromatic heterocycles. The van der Waals surface area contributed by atoms with E-state index in [2.05, 4.69) is 122 Å². The molecule has 0 unspecified atom stereocenters. The first-order valence-corrected chi connectivity index (χ1v) is 21.6. The largest absolute Gasteiger partial charge is 0.172 e. The predicted molar refractivity (Wildman–Crippen MR) is 217 cm³/mol. The van der Waals surface area contributed by atoms with E-state index in [-0.39, 0.29) is 27.1 Å². The van der Waals surface area contributed by atoms with Gasteiger partial charge in [0.1, 0.15) is 11.0 Å². The van der Waals surface area contributed by atoms with Gasteiger partial charge in [0, 0.05) is 57.7 Å². The third-order valence-electron chi connectivity index (χ3n) is 15.0. The molecule has 0 N–H and O–H groups in total. The van der Waals surface area contributed by atoms with Gasteiger partial charge in [-0.15, -0.1) is 22.7 Å². The molecule has 2 nitrogen and oxygen atoms in total. The molecule has 4 saturated carbocycles. The second-order valence-electron chi connectivity index (χ2n) is 17.5. The lowest BCUT2D eigenvalue weighted by Crippen LogP contribution is -2.26. The molecule has 0 radical (unpaired) electrons. The second-order valence-corrected chi connectivity index (χ2v) is 20.1. The van der Waals surface area contributed by atoms with Crippen molar-refractivity contribution >= 4 is 45.4 Å². The maximum absolute atomic E-state index is 4.88. The Hall–Kier alpha value is -3.90. The topological polar surface area (TPSA) is 25.8 Å². The van der Waals surface area contributed by atoms with Crippen molar-refractivity contribution < 1.29 is 0 Å². The smallest absolute Gasteiger partial charge is 0.113 e. The van der Waals surface area contributed by atoms with Gasteiger partial charge >= 0.3 is 0 Å². The maximum atomic E-state index is 4.88. The number of rotatable bonds is 0. The Morgan fingerprint density at radius 3 is 1.37 bits per heavy atom. The zero-order valence-corrected chi connectivity index (χ0v) is 32.0. The van der Waals surface area contributed by atoms with Gasteiger partial charge in [-0.05, 0) is 108 Å². The van der Waals surface area contributed by atoms with E-state index in [1.807, 2.05) is 11.3 Å². The summed E-state index contributed by atoms with van der Waals surface area (Å²) < 4.78 is 9.75. The lowest BCUT2D eigenvalue weighted by molar-refractivity contribution is 0.507. The van der Waals surface area contributed by atoms with E-state index in [4.69, 9.17) is 8.75 Å². The first-order chi connectivity index (χ1) is 25.4. The standard InChI is InChI=1S/C47H38N2S3/c1-43(2)35-25-37-29-7-13-31(14-8-29)45(19-20-45)44(17-18-44)30-9-3-27(4-10-30)33-15-16-34(40-39(33)48-52-49-40)28-5-11-32(12-6-28)46(21-22-46)47(23-24-47)38-26-36(43)42(51-38)41(35)50-37/h3-16,25-26H,17-24H2,1-2H3. The zero-order valence-electron chi connectivity index (χ0n) is 29.5. The molecule has 5 heteroatoms. The summed E-state index contributed by atoms with van der Waals surface area (Å²) in [7, 11) is 0. The van der Waals surface area contributed by atoms with Gasteiger partial charge in [-0.2, -0.15) is 8.75 Å². The van der Waals surface area contributed by atoms with Crippen molar-refractivity contribution in [2.75, 3.05) is 0 Å². The molecule has 12 bridgehead atoms. The Kier molecular flexibility index (Phi) is 5.35. The molecule has 0 saturated heterocycles. The van der Waals surface area contributed by atoms with Crippen LogP contribution in [0.15, 0.2) is 97.1 Å². The van der Waals surface area contributed by atoms with Gasteiger partial charge in [0.05, 0.1) is 11.7 Å². The fourth-order valence-corrected chi connectivity index (χ4v) is 15.1. The molecule has 0 atom stereocenters. The lowest BCUT2D eigenvalue weighted by atomic mass is 9.75. The van der Waals surface area contributed by atoms with E-state index in [1.165, 1.54) is 123 Å². The summed E-state index contributed by atoms with van der Waals surface area (Å²) in [6.07, 6.45) is 10.3. The second kappa shape index (κ2) is 9.42. The van der Waals surface area contributed by atoms with E-state index >= 15 is 0 Å². The fourth-order valence-electron chi connectivity index (χ4n) is 11.4. The first-order valence-electron chi connectivity index (χ1n) is 19.2. The van der Waals surface area contributed by atoms with Gasteiger partial charge in [-0.25, -0.2) is 0 Å². The molecule has 4 fully saturated rings. The summed E-state index contributed by atoms with van der Waals surface area (Å²) in [6, 6.07) is 38.8. The van der Waals surface area contributed by atoms with Crippen molar-refractivity contribution in [2.45, 2.75) is 92.3 Å². The molecule has 254 valence electrons. The van der Waals surface area contributed by atoms with Crippen LogP contribution in [0.1, 0.15) is 97.9 Å². The maximum Gasteiger partial charge on any atom is 0.113 e. The van der Waals surface area contributed by atoms with Crippen molar-refractivity contribution in [3.8, 4) is 42.4 Å². The summed E-state index contributed by atoms with van der Waals surface area (Å²) >= 11 is 5.50. The minimum Gasteiger partial charge on any atom is -0.172 e. The number of thiophene rings is 2. The lowest BCUT2D eigenvalue weighted by Gasteiger charge is -2.28. The van der Waals surface area contributed by atoms with Crippen LogP contribution in [0.4, 0.5) is 0 Å². The average molecular weight is 727 g/mol. The normalized spacial score (nSPS) is 21.8. The molecule has 18 rings (SSSR count). The van der Waals surface area contributed by atoms with Crippen molar-refractivity contribution in [3.63, 3.8) is 0 Å². The molecule has 6 aliphatic heterocycles. The Morgan fingerprint density at radius 1 is 0.462 bits per heavy atom. The Balaban J connectivity index is 0.995. The number of hydrogen-bond acceptors (Lipinski definition) is 5. The van der Waals surface area contributed by atoms with Gasteiger partial charge in [0.2, 0.25) is 0 Å². The van der Waals surface area contributed by atoms with Crippen molar-refractivity contribution in [2.24, 2.45) is 0 Å². The Morgan fingerprint density at radius 2 is 0.885 bits per heavy atom. The van der Waals surface area contributed by atoms with Gasteiger partial charge in [-0.3, -0.25) is 0 Å². The average Bonchev–Trinajstić information content (AvgIpc) is 4.06. The minimum absolute atomic E-state index is 0.0314. The molecule has 7 aromatic rings. The molecule has 5 aliphatic carbocycles. The zero-order chi connectivity index (χ0) is 34.2. The molecule has 4 spiro atoms. The quantitative estimate of drug-likeness (QED) is 0.155. The minimum atomic E-state index is 0.0314. The first kappa shape index (κ1) is 29.5. The SMILES string of the molecule is CC1(C)c2cc3sc2-c2sc(cc21)C1(CC1)C1(CC1)c1ccc(cc1)-c1ccc(c2nsnc12)-c1ccc(cc1)C1(CC1)C1(CC1)c1ccc-3cc1. The van der Waals surface area contributed by atoms with Crippen LogP contribution in [0.5, 0.6) is 0 Å². The Labute approximate surface area is 316 Å². The third-order valence-corrected chi connectivity index (χ3v) is 18.2. The summed E-state index contributed by atoms with van der Waals surface area (Å²) in [5, 5.41) is 0. The summed E-state index contributed by atoms with van der Waals surface area (Å²) in [5.74, 6) is 0. The van der Waals surface area contributed by atoms with Gasteiger partial charge < -0.3 is 0 Å². The van der Waals surface area contributed by atoms with E-state index in [1.54, 1.807) is 15.3 Å². The third kappa shape index (κ3) is 3.52. The van der Waals surface area contributed by atoms with Gasteiger partial charge in [-0.1, -0.05) is 98.8 Å². The van der Waals surface area contributed by atoms with Crippen molar-refractivity contribution in [3.05, 3.63) is 130 Å². The molecular weight excluding hydrogens is 689 g/mol. The number of hydrogen-bond donors (Lipinski definition) is 0. The van der Waals surface area contributed by atoms with Crippen LogP contribution >= 0.6 is 34.4 Å². The van der Waals surface area contributed by atoms with Crippen LogP contribution in [-0.4, -0.2) is 8.75 Å². The van der Waals surface area contributed by atoms with E-state index in [0.717, 1.165) is 11.0 Å². The molecule has 9 heterocycles. The highest BCUT2D eigenvalue weighted by Crippen LogP contribution is 2.74.